The summed E-state index contributed by atoms with van der Waals surface area (Å²) in [5.74, 6) is 0.761. The molecule has 1 saturated heterocycles. The number of ether oxygens (including phenoxy) is 1. The summed E-state index contributed by atoms with van der Waals surface area (Å²) in [5, 5.41) is 25.1. The van der Waals surface area contributed by atoms with E-state index in [0.29, 0.717) is 11.8 Å². The van der Waals surface area contributed by atoms with E-state index < -0.39 is 23.6 Å². The number of esters is 1. The van der Waals surface area contributed by atoms with Gasteiger partial charge in [-0.3, -0.25) is 4.79 Å². The Balaban J connectivity index is 1.84. The van der Waals surface area contributed by atoms with Crippen molar-refractivity contribution in [2.24, 2.45) is 29.1 Å². The van der Waals surface area contributed by atoms with Crippen LogP contribution >= 0.6 is 11.3 Å². The summed E-state index contributed by atoms with van der Waals surface area (Å²) in [6, 6.07) is 0. The molecule has 1 aromatic rings. The van der Waals surface area contributed by atoms with Crippen LogP contribution in [0.15, 0.2) is 23.1 Å². The smallest absolute Gasteiger partial charge is 0.309 e. The van der Waals surface area contributed by atoms with Gasteiger partial charge in [0.1, 0.15) is 6.10 Å². The van der Waals surface area contributed by atoms with Crippen LogP contribution in [0.25, 0.3) is 6.08 Å². The lowest BCUT2D eigenvalue weighted by molar-refractivity contribution is -0.152. The van der Waals surface area contributed by atoms with Crippen molar-refractivity contribution in [1.29, 1.82) is 0 Å². The summed E-state index contributed by atoms with van der Waals surface area (Å²) in [5.41, 5.74) is 1.94. The van der Waals surface area contributed by atoms with Gasteiger partial charge in [-0.05, 0) is 68.9 Å². The van der Waals surface area contributed by atoms with Crippen LogP contribution in [0.3, 0.4) is 0 Å². The Labute approximate surface area is 215 Å². The lowest BCUT2D eigenvalue weighted by atomic mass is 9.67. The fraction of sp³-hybridized carbons (Fsp3) is 0.724. The molecule has 1 unspecified atom stereocenters. The second-order valence-corrected chi connectivity index (χ2v) is 12.7. The predicted molar refractivity (Wildman–Crippen MR) is 143 cm³/mol. The van der Waals surface area contributed by atoms with Gasteiger partial charge in [-0.2, -0.15) is 0 Å². The Kier molecular flexibility index (Phi) is 9.39. The number of aliphatic hydroxyl groups excluding tert-OH is 2. The summed E-state index contributed by atoms with van der Waals surface area (Å²) < 4.78 is 6.04. The molecule has 2 fully saturated rings. The molecule has 3 rings (SSSR count). The van der Waals surface area contributed by atoms with E-state index in [-0.39, 0.29) is 24.4 Å². The van der Waals surface area contributed by atoms with Crippen molar-refractivity contribution in [2.75, 3.05) is 0 Å². The van der Waals surface area contributed by atoms with E-state index in [2.05, 4.69) is 18.5 Å². The van der Waals surface area contributed by atoms with Crippen molar-refractivity contribution < 1.29 is 19.7 Å². The minimum absolute atomic E-state index is 0.0991. The molecule has 1 aromatic heterocycles. The Morgan fingerprint density at radius 3 is 2.49 bits per heavy atom. The molecule has 1 aliphatic heterocycles. The number of hydrogen-bond acceptors (Lipinski definition) is 6. The van der Waals surface area contributed by atoms with Gasteiger partial charge < -0.3 is 14.9 Å². The number of aryl methyl sites for hydroxylation is 1. The molecule has 196 valence electrons. The van der Waals surface area contributed by atoms with E-state index in [1.54, 1.807) is 11.3 Å². The Bertz CT molecular complexity index is 920. The SMILES string of the molecule is C=C1C(C)[C@@H](O)[C@@H](C)CCC[C@@H]2CC[C@H]2C[C@@H](/C(C)=C/c2csc(C)n2)OC(=O)C[C@H](O)C1(C)C. The second kappa shape index (κ2) is 11.7. The fourth-order valence-corrected chi connectivity index (χ4v) is 6.27. The maximum Gasteiger partial charge on any atom is 0.309 e. The average molecular weight is 504 g/mol. The van der Waals surface area contributed by atoms with Crippen molar-refractivity contribution in [3.63, 3.8) is 0 Å². The second-order valence-electron chi connectivity index (χ2n) is 11.6. The van der Waals surface area contributed by atoms with Gasteiger partial charge in [-0.25, -0.2) is 4.98 Å². The molecule has 1 saturated carbocycles. The highest BCUT2D eigenvalue weighted by molar-refractivity contribution is 7.09. The van der Waals surface area contributed by atoms with Crippen LogP contribution in [-0.2, 0) is 9.53 Å². The highest BCUT2D eigenvalue weighted by Gasteiger charge is 2.39. The molecule has 2 heterocycles. The molecule has 0 aromatic carbocycles. The van der Waals surface area contributed by atoms with E-state index in [1.807, 2.05) is 46.1 Å². The lowest BCUT2D eigenvalue weighted by Gasteiger charge is -2.41. The molecule has 35 heavy (non-hydrogen) atoms. The molecular weight excluding hydrogens is 458 g/mol. The zero-order valence-electron chi connectivity index (χ0n) is 22.4. The van der Waals surface area contributed by atoms with Gasteiger partial charge in [0.05, 0.1) is 29.3 Å². The van der Waals surface area contributed by atoms with Crippen LogP contribution in [0.4, 0.5) is 0 Å². The van der Waals surface area contributed by atoms with E-state index >= 15 is 0 Å². The topological polar surface area (TPSA) is 79.7 Å². The largest absolute Gasteiger partial charge is 0.458 e. The Morgan fingerprint density at radius 1 is 1.20 bits per heavy atom. The molecule has 0 radical (unpaired) electrons. The molecule has 5 nitrogen and oxygen atoms in total. The van der Waals surface area contributed by atoms with E-state index in [9.17, 15) is 15.0 Å². The minimum Gasteiger partial charge on any atom is -0.458 e. The molecule has 1 aliphatic carbocycles. The van der Waals surface area contributed by atoms with Crippen LogP contribution < -0.4 is 0 Å². The monoisotopic (exact) mass is 503 g/mol. The minimum atomic E-state index is -0.942. The maximum absolute atomic E-state index is 13.1. The number of nitrogens with zero attached hydrogens (tertiary/aromatic N) is 1. The first-order chi connectivity index (χ1) is 16.4. The zero-order valence-corrected chi connectivity index (χ0v) is 23.2. The highest BCUT2D eigenvalue weighted by atomic mass is 32.1. The number of aromatic nitrogens is 1. The third kappa shape index (κ3) is 6.84. The molecule has 2 aliphatic rings. The number of cyclic esters (lactones) is 1. The number of rotatable bonds is 2. The third-order valence-electron chi connectivity index (χ3n) is 8.79. The van der Waals surface area contributed by atoms with Gasteiger partial charge in [0.2, 0.25) is 0 Å². The van der Waals surface area contributed by atoms with E-state index in [0.717, 1.165) is 54.0 Å². The summed E-state index contributed by atoms with van der Waals surface area (Å²) >= 11 is 1.61. The molecule has 7 atom stereocenters. The third-order valence-corrected chi connectivity index (χ3v) is 9.58. The number of carbonyl (C=O) groups is 1. The van der Waals surface area contributed by atoms with Gasteiger partial charge in [-0.15, -0.1) is 11.3 Å². The van der Waals surface area contributed by atoms with Gasteiger partial charge in [-0.1, -0.05) is 52.7 Å². The van der Waals surface area contributed by atoms with Crippen LogP contribution in [-0.4, -0.2) is 39.5 Å². The zero-order chi connectivity index (χ0) is 25.9. The number of hydrogen-bond donors (Lipinski definition) is 2. The lowest BCUT2D eigenvalue weighted by Crippen LogP contribution is -2.40. The van der Waals surface area contributed by atoms with Gasteiger partial charge >= 0.3 is 5.97 Å². The predicted octanol–water partition coefficient (Wildman–Crippen LogP) is 6.33. The molecule has 0 amide bonds. The Morgan fingerprint density at radius 2 is 1.89 bits per heavy atom. The average Bonchev–Trinajstić information content (AvgIpc) is 3.20. The quantitative estimate of drug-likeness (QED) is 0.364. The first-order valence-electron chi connectivity index (χ1n) is 13.2. The highest BCUT2D eigenvalue weighted by Crippen LogP contribution is 2.43. The van der Waals surface area contributed by atoms with Crippen molar-refractivity contribution in [1.82, 2.24) is 4.98 Å². The molecule has 6 heteroatoms. The van der Waals surface area contributed by atoms with Gasteiger partial charge in [0.15, 0.2) is 0 Å². The van der Waals surface area contributed by atoms with Gasteiger partial charge in [0.25, 0.3) is 0 Å². The van der Waals surface area contributed by atoms with Crippen molar-refractivity contribution in [2.45, 2.75) is 105 Å². The molecule has 0 spiro atoms. The van der Waals surface area contributed by atoms with E-state index in [4.69, 9.17) is 4.74 Å². The number of carbonyl (C=O) groups excluding carboxylic acids is 1. The van der Waals surface area contributed by atoms with E-state index in [1.165, 1.54) is 6.42 Å². The number of aliphatic hydroxyl groups is 2. The van der Waals surface area contributed by atoms with Crippen LogP contribution in [0.5, 0.6) is 0 Å². The first-order valence-corrected chi connectivity index (χ1v) is 14.1. The van der Waals surface area contributed by atoms with Crippen molar-refractivity contribution in [3.05, 3.63) is 33.8 Å². The first kappa shape index (κ1) is 28.1. The summed E-state index contributed by atoms with van der Waals surface area (Å²) in [6.45, 7) is 16.1. The van der Waals surface area contributed by atoms with Crippen molar-refractivity contribution >= 4 is 23.4 Å². The standard InChI is InChI=1S/C29H45NO4S/c1-17-9-8-10-22-11-12-23(22)14-25(18(2)13-24-16-35-21(5)30-24)34-27(32)15-26(31)29(6,7)20(4)19(3)28(17)33/h13,16-17,19,22-23,25-26,28,31,33H,4,8-12,14-15H2,1-3,5-7H3/b18-13+/t17-,19?,22+,23-,25-,26-,28-/m0/s1. The van der Waals surface area contributed by atoms with Gasteiger partial charge in [0, 0.05) is 16.7 Å². The fourth-order valence-electron chi connectivity index (χ4n) is 5.70. The summed E-state index contributed by atoms with van der Waals surface area (Å²) in [6.07, 6.45) is 6.55. The summed E-state index contributed by atoms with van der Waals surface area (Å²) in [7, 11) is 0. The van der Waals surface area contributed by atoms with Crippen LogP contribution in [0, 0.1) is 36.0 Å². The number of thiazole rings is 1. The molecule has 0 bridgehead atoms. The molecule has 2 N–H and O–H groups in total. The van der Waals surface area contributed by atoms with Crippen LogP contribution in [0.2, 0.25) is 0 Å². The molecular formula is C29H45NO4S. The number of fused-ring (bicyclic) bond motifs is 1. The normalized spacial score (nSPS) is 35.7. The van der Waals surface area contributed by atoms with Crippen molar-refractivity contribution in [3.8, 4) is 0 Å². The van der Waals surface area contributed by atoms with Crippen LogP contribution in [0.1, 0.15) is 90.3 Å². The summed E-state index contributed by atoms with van der Waals surface area (Å²) in [4.78, 5) is 17.6. The maximum atomic E-state index is 13.1. The Hall–Kier alpha value is -1.50.